The second-order valence-corrected chi connectivity index (χ2v) is 4.37. The SMILES string of the molecule is CC(C)CCCCC(N)Br. The fourth-order valence-corrected chi connectivity index (χ4v) is 1.22. The Labute approximate surface area is 72.5 Å². The van der Waals surface area contributed by atoms with Crippen molar-refractivity contribution < 1.29 is 0 Å². The summed E-state index contributed by atoms with van der Waals surface area (Å²) >= 11 is 3.32. The molecule has 62 valence electrons. The van der Waals surface area contributed by atoms with Gasteiger partial charge in [-0.05, 0) is 12.3 Å². The predicted molar refractivity (Wildman–Crippen MR) is 50.2 cm³/mol. The highest BCUT2D eigenvalue weighted by atomic mass is 79.9. The van der Waals surface area contributed by atoms with E-state index >= 15 is 0 Å². The van der Waals surface area contributed by atoms with Gasteiger partial charge in [0.25, 0.3) is 0 Å². The first-order valence-corrected chi connectivity index (χ1v) is 4.94. The highest BCUT2D eigenvalue weighted by molar-refractivity contribution is 9.09. The van der Waals surface area contributed by atoms with Gasteiger partial charge in [-0.1, -0.05) is 49.0 Å². The van der Waals surface area contributed by atoms with Crippen LogP contribution in [0.15, 0.2) is 0 Å². The smallest absolute Gasteiger partial charge is 0.0605 e. The Morgan fingerprint density at radius 1 is 1.20 bits per heavy atom. The molecule has 0 amide bonds. The maximum atomic E-state index is 5.53. The van der Waals surface area contributed by atoms with Crippen LogP contribution in [0.2, 0.25) is 0 Å². The Morgan fingerprint density at radius 3 is 2.10 bits per heavy atom. The number of nitrogens with two attached hydrogens (primary N) is 1. The average molecular weight is 208 g/mol. The van der Waals surface area contributed by atoms with Crippen molar-refractivity contribution in [2.75, 3.05) is 0 Å². The third-order valence-electron chi connectivity index (χ3n) is 1.51. The summed E-state index contributed by atoms with van der Waals surface area (Å²) in [6, 6.07) is 0. The van der Waals surface area contributed by atoms with Gasteiger partial charge < -0.3 is 5.73 Å². The molecule has 0 aromatic rings. The third-order valence-corrected chi connectivity index (χ3v) is 1.97. The minimum absolute atomic E-state index is 0.208. The largest absolute Gasteiger partial charge is 0.319 e. The van der Waals surface area contributed by atoms with Crippen LogP contribution in [0.4, 0.5) is 0 Å². The molecule has 0 saturated carbocycles. The van der Waals surface area contributed by atoms with Gasteiger partial charge in [-0.3, -0.25) is 0 Å². The van der Waals surface area contributed by atoms with Crippen molar-refractivity contribution >= 4 is 15.9 Å². The van der Waals surface area contributed by atoms with Crippen LogP contribution in [0.25, 0.3) is 0 Å². The lowest BCUT2D eigenvalue weighted by Crippen LogP contribution is -2.09. The van der Waals surface area contributed by atoms with Gasteiger partial charge in [0.15, 0.2) is 0 Å². The minimum atomic E-state index is 0.208. The van der Waals surface area contributed by atoms with E-state index < -0.39 is 0 Å². The van der Waals surface area contributed by atoms with Gasteiger partial charge in [-0.25, -0.2) is 0 Å². The van der Waals surface area contributed by atoms with Crippen LogP contribution in [0.1, 0.15) is 39.5 Å². The van der Waals surface area contributed by atoms with Gasteiger partial charge in [-0.15, -0.1) is 0 Å². The van der Waals surface area contributed by atoms with Crippen molar-refractivity contribution in [3.8, 4) is 0 Å². The van der Waals surface area contributed by atoms with Crippen LogP contribution in [-0.2, 0) is 0 Å². The minimum Gasteiger partial charge on any atom is -0.319 e. The molecule has 0 aliphatic carbocycles. The highest BCUT2D eigenvalue weighted by Crippen LogP contribution is 2.10. The molecule has 0 spiro atoms. The monoisotopic (exact) mass is 207 g/mol. The van der Waals surface area contributed by atoms with E-state index in [1.54, 1.807) is 0 Å². The number of halogens is 1. The Morgan fingerprint density at radius 2 is 1.70 bits per heavy atom. The van der Waals surface area contributed by atoms with Gasteiger partial charge in [0, 0.05) is 0 Å². The van der Waals surface area contributed by atoms with Crippen molar-refractivity contribution in [3.63, 3.8) is 0 Å². The van der Waals surface area contributed by atoms with Crippen LogP contribution in [0.5, 0.6) is 0 Å². The van der Waals surface area contributed by atoms with E-state index in [9.17, 15) is 0 Å². The van der Waals surface area contributed by atoms with Crippen molar-refractivity contribution in [1.82, 2.24) is 0 Å². The summed E-state index contributed by atoms with van der Waals surface area (Å²) < 4.78 is 0. The summed E-state index contributed by atoms with van der Waals surface area (Å²) in [7, 11) is 0. The zero-order valence-electron chi connectivity index (χ0n) is 6.94. The first kappa shape index (κ1) is 10.4. The zero-order chi connectivity index (χ0) is 7.98. The molecule has 0 aliphatic heterocycles. The van der Waals surface area contributed by atoms with E-state index in [2.05, 4.69) is 29.8 Å². The van der Waals surface area contributed by atoms with Crippen molar-refractivity contribution in [1.29, 1.82) is 0 Å². The number of alkyl halides is 1. The van der Waals surface area contributed by atoms with Crippen LogP contribution in [0.3, 0.4) is 0 Å². The molecule has 2 N–H and O–H groups in total. The van der Waals surface area contributed by atoms with Crippen LogP contribution < -0.4 is 5.73 Å². The molecular weight excluding hydrogens is 190 g/mol. The number of hydrogen-bond donors (Lipinski definition) is 1. The van der Waals surface area contributed by atoms with Gasteiger partial charge in [0.05, 0.1) is 4.95 Å². The lowest BCUT2D eigenvalue weighted by atomic mass is 10.1. The Balaban J connectivity index is 2.91. The van der Waals surface area contributed by atoms with Crippen molar-refractivity contribution in [2.45, 2.75) is 44.5 Å². The third kappa shape index (κ3) is 8.44. The first-order valence-electron chi connectivity index (χ1n) is 4.02. The van der Waals surface area contributed by atoms with Gasteiger partial charge >= 0.3 is 0 Å². The maximum Gasteiger partial charge on any atom is 0.0605 e. The van der Waals surface area contributed by atoms with Crippen LogP contribution in [0, 0.1) is 5.92 Å². The normalized spacial score (nSPS) is 14.1. The highest BCUT2D eigenvalue weighted by Gasteiger charge is 1.97. The topological polar surface area (TPSA) is 26.0 Å². The van der Waals surface area contributed by atoms with Crippen molar-refractivity contribution in [2.24, 2.45) is 11.7 Å². The molecule has 1 nitrogen and oxygen atoms in total. The van der Waals surface area contributed by atoms with Crippen LogP contribution in [-0.4, -0.2) is 4.95 Å². The van der Waals surface area contributed by atoms with Gasteiger partial charge in [0.2, 0.25) is 0 Å². The lowest BCUT2D eigenvalue weighted by Gasteiger charge is -2.04. The van der Waals surface area contributed by atoms with Gasteiger partial charge in [-0.2, -0.15) is 0 Å². The molecule has 0 fully saturated rings. The standard InChI is InChI=1S/C8H18BrN/c1-7(2)5-3-4-6-8(9)10/h7-8H,3-6,10H2,1-2H3. The molecule has 1 atom stereocenters. The molecular formula is C8H18BrN. The van der Waals surface area contributed by atoms with E-state index in [1.807, 2.05) is 0 Å². The summed E-state index contributed by atoms with van der Waals surface area (Å²) in [4.78, 5) is 0.208. The number of rotatable bonds is 5. The summed E-state index contributed by atoms with van der Waals surface area (Å²) in [5, 5.41) is 0. The van der Waals surface area contributed by atoms with Crippen molar-refractivity contribution in [3.05, 3.63) is 0 Å². The summed E-state index contributed by atoms with van der Waals surface area (Å²) in [5.74, 6) is 0.839. The molecule has 1 unspecified atom stereocenters. The number of hydrogen-bond acceptors (Lipinski definition) is 1. The number of unbranched alkanes of at least 4 members (excludes halogenated alkanes) is 1. The van der Waals surface area contributed by atoms with E-state index in [0.29, 0.717) is 0 Å². The molecule has 0 aromatic carbocycles. The molecule has 0 bridgehead atoms. The maximum absolute atomic E-state index is 5.53. The van der Waals surface area contributed by atoms with E-state index in [0.717, 1.165) is 12.3 Å². The summed E-state index contributed by atoms with van der Waals surface area (Å²) in [5.41, 5.74) is 5.53. The second-order valence-electron chi connectivity index (χ2n) is 3.19. The quantitative estimate of drug-likeness (QED) is 0.419. The lowest BCUT2D eigenvalue weighted by molar-refractivity contribution is 0.526. The first-order chi connectivity index (χ1) is 4.63. The summed E-state index contributed by atoms with van der Waals surface area (Å²) in [6.45, 7) is 4.52. The molecule has 0 rings (SSSR count). The molecule has 2 heteroatoms. The second kappa shape index (κ2) is 6.17. The molecule has 0 heterocycles. The molecule has 10 heavy (non-hydrogen) atoms. The average Bonchev–Trinajstić information content (AvgIpc) is 1.79. The summed E-state index contributed by atoms with van der Waals surface area (Å²) in [6.07, 6.45) is 5.01. The predicted octanol–water partition coefficient (Wildman–Crippen LogP) is 2.88. The Bertz CT molecular complexity index is 61.7. The fraction of sp³-hybridized carbons (Fsp3) is 1.00. The van der Waals surface area contributed by atoms with Gasteiger partial charge in [0.1, 0.15) is 0 Å². The molecule has 0 radical (unpaired) electrons. The van der Waals surface area contributed by atoms with E-state index in [1.165, 1.54) is 19.3 Å². The Hall–Kier alpha value is 0.440. The molecule has 0 aromatic heterocycles. The van der Waals surface area contributed by atoms with E-state index in [-0.39, 0.29) is 4.95 Å². The fourth-order valence-electron chi connectivity index (χ4n) is 0.892. The molecule has 0 aliphatic rings. The van der Waals surface area contributed by atoms with Crippen LogP contribution >= 0.6 is 15.9 Å². The Kier molecular flexibility index (Phi) is 6.44. The molecule has 0 saturated heterocycles. The zero-order valence-corrected chi connectivity index (χ0v) is 8.52. The van der Waals surface area contributed by atoms with E-state index in [4.69, 9.17) is 5.73 Å².